The van der Waals surface area contributed by atoms with Crippen molar-refractivity contribution in [2.24, 2.45) is 0 Å². The summed E-state index contributed by atoms with van der Waals surface area (Å²) in [6.45, 7) is 9.34. The first kappa shape index (κ1) is 15.1. The Labute approximate surface area is 125 Å². The molecule has 108 valence electrons. The van der Waals surface area contributed by atoms with Gasteiger partial charge in [-0.3, -0.25) is 0 Å². The lowest BCUT2D eigenvalue weighted by atomic mass is 10.1. The van der Waals surface area contributed by atoms with Gasteiger partial charge in [0.2, 0.25) is 0 Å². The van der Waals surface area contributed by atoms with Crippen molar-refractivity contribution in [1.29, 1.82) is 0 Å². The van der Waals surface area contributed by atoms with Crippen LogP contribution in [0.1, 0.15) is 42.1 Å². The number of benzene rings is 1. The van der Waals surface area contributed by atoms with Crippen molar-refractivity contribution in [2.75, 3.05) is 0 Å². The first-order chi connectivity index (χ1) is 9.54. The lowest BCUT2D eigenvalue weighted by Gasteiger charge is -2.15. The largest absolute Gasteiger partial charge is 0.491 e. The van der Waals surface area contributed by atoms with Crippen LogP contribution in [0.2, 0.25) is 0 Å². The van der Waals surface area contributed by atoms with Gasteiger partial charge in [-0.15, -0.1) is 11.3 Å². The van der Waals surface area contributed by atoms with Gasteiger partial charge in [0.05, 0.1) is 6.10 Å². The Bertz CT molecular complexity index is 530. The Kier molecular flexibility index (Phi) is 5.21. The van der Waals surface area contributed by atoms with Gasteiger partial charge >= 0.3 is 0 Å². The molecule has 0 amide bonds. The summed E-state index contributed by atoms with van der Waals surface area (Å²) in [5, 5.41) is 3.56. The third-order valence-corrected chi connectivity index (χ3v) is 4.13. The van der Waals surface area contributed by atoms with Crippen LogP contribution in [-0.4, -0.2) is 6.10 Å². The Morgan fingerprint density at radius 3 is 2.30 bits per heavy atom. The van der Waals surface area contributed by atoms with E-state index in [-0.39, 0.29) is 6.10 Å². The third kappa shape index (κ3) is 4.36. The van der Waals surface area contributed by atoms with Gasteiger partial charge in [0.25, 0.3) is 0 Å². The molecule has 0 bridgehead atoms. The first-order valence-electron chi connectivity index (χ1n) is 7.10. The Morgan fingerprint density at radius 1 is 1.05 bits per heavy atom. The zero-order valence-corrected chi connectivity index (χ0v) is 13.5. The lowest BCUT2D eigenvalue weighted by molar-refractivity contribution is 0.242. The summed E-state index contributed by atoms with van der Waals surface area (Å²) in [6, 6.07) is 13.1. The van der Waals surface area contributed by atoms with Gasteiger partial charge in [0, 0.05) is 22.3 Å². The minimum absolute atomic E-state index is 0.221. The minimum Gasteiger partial charge on any atom is -0.491 e. The molecule has 0 saturated carbocycles. The average molecular weight is 289 g/mol. The number of ether oxygens (including phenoxy) is 1. The van der Waals surface area contributed by atoms with Gasteiger partial charge in [0.15, 0.2) is 0 Å². The predicted octanol–water partition coefficient (Wildman–Crippen LogP) is 4.69. The van der Waals surface area contributed by atoms with E-state index in [0.717, 1.165) is 12.3 Å². The summed E-state index contributed by atoms with van der Waals surface area (Å²) >= 11 is 1.85. The normalized spacial score (nSPS) is 12.7. The van der Waals surface area contributed by atoms with Gasteiger partial charge < -0.3 is 10.1 Å². The molecule has 2 aromatic rings. The van der Waals surface area contributed by atoms with E-state index < -0.39 is 0 Å². The van der Waals surface area contributed by atoms with Crippen molar-refractivity contribution in [2.45, 2.75) is 46.4 Å². The van der Waals surface area contributed by atoms with Crippen LogP contribution in [0.25, 0.3) is 0 Å². The minimum atomic E-state index is 0.221. The summed E-state index contributed by atoms with van der Waals surface area (Å²) in [6.07, 6.45) is 0.221. The van der Waals surface area contributed by atoms with Crippen LogP contribution in [-0.2, 0) is 6.54 Å². The summed E-state index contributed by atoms with van der Waals surface area (Å²) < 4.78 is 5.66. The molecule has 0 aliphatic heterocycles. The zero-order valence-electron chi connectivity index (χ0n) is 12.6. The summed E-state index contributed by atoms with van der Waals surface area (Å²) in [4.78, 5) is 2.75. The van der Waals surface area contributed by atoms with Gasteiger partial charge in [0.1, 0.15) is 5.75 Å². The number of rotatable bonds is 6. The molecule has 1 heterocycles. The molecule has 1 N–H and O–H groups in total. The van der Waals surface area contributed by atoms with Crippen LogP contribution in [0.4, 0.5) is 0 Å². The van der Waals surface area contributed by atoms with Crippen molar-refractivity contribution in [3.05, 3.63) is 51.7 Å². The molecule has 1 aromatic carbocycles. The molecular weight excluding hydrogens is 266 g/mol. The molecule has 2 nitrogen and oxygen atoms in total. The van der Waals surface area contributed by atoms with Crippen LogP contribution in [0, 0.1) is 6.92 Å². The highest BCUT2D eigenvalue weighted by atomic mass is 32.1. The fraction of sp³-hybridized carbons (Fsp3) is 0.412. The van der Waals surface area contributed by atoms with Crippen molar-refractivity contribution in [3.8, 4) is 5.75 Å². The fourth-order valence-electron chi connectivity index (χ4n) is 2.06. The van der Waals surface area contributed by atoms with Crippen molar-refractivity contribution in [1.82, 2.24) is 5.32 Å². The molecule has 0 fully saturated rings. The molecule has 20 heavy (non-hydrogen) atoms. The van der Waals surface area contributed by atoms with E-state index in [1.807, 2.05) is 37.3 Å². The second-order valence-corrected chi connectivity index (χ2v) is 6.72. The maximum absolute atomic E-state index is 5.66. The maximum Gasteiger partial charge on any atom is 0.119 e. The van der Waals surface area contributed by atoms with E-state index >= 15 is 0 Å². The maximum atomic E-state index is 5.66. The Hall–Kier alpha value is -1.32. The van der Waals surface area contributed by atoms with E-state index in [1.165, 1.54) is 15.3 Å². The molecule has 1 unspecified atom stereocenters. The Balaban J connectivity index is 1.90. The third-order valence-electron chi connectivity index (χ3n) is 3.13. The van der Waals surface area contributed by atoms with E-state index in [2.05, 4.69) is 43.4 Å². The molecule has 0 aliphatic rings. The van der Waals surface area contributed by atoms with Gasteiger partial charge in [-0.2, -0.15) is 0 Å². The molecule has 1 atom stereocenters. The monoisotopic (exact) mass is 289 g/mol. The van der Waals surface area contributed by atoms with Crippen LogP contribution in [0.3, 0.4) is 0 Å². The average Bonchev–Trinajstić information content (AvgIpc) is 2.82. The molecule has 0 radical (unpaired) electrons. The highest BCUT2D eigenvalue weighted by molar-refractivity contribution is 7.11. The molecule has 2 rings (SSSR count). The second kappa shape index (κ2) is 6.91. The van der Waals surface area contributed by atoms with Gasteiger partial charge in [-0.1, -0.05) is 12.1 Å². The topological polar surface area (TPSA) is 21.3 Å². The molecule has 0 aliphatic carbocycles. The molecule has 0 saturated heterocycles. The van der Waals surface area contributed by atoms with Crippen LogP contribution in [0.5, 0.6) is 5.75 Å². The summed E-state index contributed by atoms with van der Waals surface area (Å²) in [5.74, 6) is 0.935. The molecule has 0 spiro atoms. The van der Waals surface area contributed by atoms with Crippen molar-refractivity contribution < 1.29 is 4.74 Å². The highest BCUT2D eigenvalue weighted by Gasteiger charge is 2.06. The molecule has 3 heteroatoms. The van der Waals surface area contributed by atoms with Crippen molar-refractivity contribution in [3.63, 3.8) is 0 Å². The van der Waals surface area contributed by atoms with E-state index in [0.29, 0.717) is 6.04 Å². The highest BCUT2D eigenvalue weighted by Crippen LogP contribution is 2.20. The second-order valence-electron chi connectivity index (χ2n) is 5.35. The quantitative estimate of drug-likeness (QED) is 0.832. The first-order valence-corrected chi connectivity index (χ1v) is 7.91. The van der Waals surface area contributed by atoms with Crippen LogP contribution >= 0.6 is 11.3 Å². The van der Waals surface area contributed by atoms with E-state index in [9.17, 15) is 0 Å². The predicted molar refractivity (Wildman–Crippen MR) is 86.5 cm³/mol. The zero-order chi connectivity index (χ0) is 14.5. The number of thiophene rings is 1. The number of aryl methyl sites for hydroxylation is 1. The molecular formula is C17H23NOS. The van der Waals surface area contributed by atoms with Gasteiger partial charge in [-0.05, 0) is 57.5 Å². The lowest BCUT2D eigenvalue weighted by Crippen LogP contribution is -2.17. The van der Waals surface area contributed by atoms with Crippen LogP contribution < -0.4 is 10.1 Å². The summed E-state index contributed by atoms with van der Waals surface area (Å²) in [5.41, 5.74) is 1.29. The van der Waals surface area contributed by atoms with E-state index in [4.69, 9.17) is 4.74 Å². The summed E-state index contributed by atoms with van der Waals surface area (Å²) in [7, 11) is 0. The SMILES string of the molecule is Cc1ccc(CNC(C)c2ccc(OC(C)C)cc2)s1. The van der Waals surface area contributed by atoms with Crippen LogP contribution in [0.15, 0.2) is 36.4 Å². The number of hydrogen-bond donors (Lipinski definition) is 1. The standard InChI is InChI=1S/C17H23NOS/c1-12(2)19-16-8-6-15(7-9-16)14(4)18-11-17-10-5-13(3)20-17/h5-10,12,14,18H,11H2,1-4H3. The molecule has 1 aromatic heterocycles. The fourth-order valence-corrected chi connectivity index (χ4v) is 2.90. The Morgan fingerprint density at radius 2 is 1.75 bits per heavy atom. The number of nitrogens with one attached hydrogen (secondary N) is 1. The van der Waals surface area contributed by atoms with E-state index in [1.54, 1.807) is 0 Å². The smallest absolute Gasteiger partial charge is 0.119 e. The van der Waals surface area contributed by atoms with Gasteiger partial charge in [-0.25, -0.2) is 0 Å². The van der Waals surface area contributed by atoms with Crippen molar-refractivity contribution >= 4 is 11.3 Å². The number of hydrogen-bond acceptors (Lipinski definition) is 3.